The molecule has 0 aliphatic carbocycles. The first-order valence-electron chi connectivity index (χ1n) is 6.24. The van der Waals surface area contributed by atoms with Gasteiger partial charge in [-0.25, -0.2) is 0 Å². The van der Waals surface area contributed by atoms with Gasteiger partial charge in [-0.15, -0.1) is 0 Å². The van der Waals surface area contributed by atoms with Gasteiger partial charge in [0.1, 0.15) is 11.8 Å². The highest BCUT2D eigenvalue weighted by Crippen LogP contribution is 2.17. The molecule has 0 unspecified atom stereocenters. The molecule has 100 valence electrons. The predicted molar refractivity (Wildman–Crippen MR) is 66.6 cm³/mol. The van der Waals surface area contributed by atoms with Gasteiger partial charge in [0.2, 0.25) is 0 Å². The number of carboxylic acid groups (broad SMARTS) is 1. The van der Waals surface area contributed by atoms with E-state index in [0.29, 0.717) is 12.5 Å². The molecule has 1 aromatic carbocycles. The van der Waals surface area contributed by atoms with Crippen LogP contribution in [0.5, 0.6) is 5.75 Å². The summed E-state index contributed by atoms with van der Waals surface area (Å²) in [4.78, 5) is 10.5. The Balaban J connectivity index is 2.49. The highest BCUT2D eigenvalue weighted by atomic mass is 16.5. The molecule has 18 heavy (non-hydrogen) atoms. The van der Waals surface area contributed by atoms with E-state index in [1.807, 2.05) is 24.3 Å². The number of hydrogen-bond donors (Lipinski definition) is 1. The number of benzene rings is 1. The molecule has 4 heteroatoms. The molecule has 0 saturated heterocycles. The predicted octanol–water partition coefficient (Wildman–Crippen LogP) is 0.535. The molecule has 0 heterocycles. The van der Waals surface area contributed by atoms with Crippen molar-refractivity contribution in [3.63, 3.8) is 0 Å². The topological polar surface area (TPSA) is 77.0 Å². The number of rotatable bonds is 7. The zero-order valence-electron chi connectivity index (χ0n) is 11.0. The average Bonchev–Trinajstić information content (AvgIpc) is 2.28. The Morgan fingerprint density at radius 1 is 1.33 bits per heavy atom. The number of carbonyl (C=O) groups is 1. The summed E-state index contributed by atoms with van der Waals surface area (Å²) in [7, 11) is 0. The molecule has 0 amide bonds. The van der Waals surface area contributed by atoms with Crippen molar-refractivity contribution in [3.8, 4) is 5.75 Å². The second-order valence-corrected chi connectivity index (χ2v) is 4.87. The normalized spacial score (nSPS) is 12.4. The minimum Gasteiger partial charge on any atom is -0.550 e. The molecule has 1 atom stereocenters. The summed E-state index contributed by atoms with van der Waals surface area (Å²) in [6.07, 6.45) is 0.956. The Morgan fingerprint density at radius 2 is 1.94 bits per heavy atom. The maximum absolute atomic E-state index is 10.5. The largest absolute Gasteiger partial charge is 0.550 e. The van der Waals surface area contributed by atoms with E-state index in [9.17, 15) is 9.90 Å². The third-order valence-electron chi connectivity index (χ3n) is 2.73. The number of quaternary nitrogens is 1. The molecule has 0 aliphatic heterocycles. The van der Waals surface area contributed by atoms with Gasteiger partial charge < -0.3 is 20.4 Å². The van der Waals surface area contributed by atoms with E-state index in [0.717, 1.165) is 17.7 Å². The summed E-state index contributed by atoms with van der Waals surface area (Å²) in [6, 6.07) is 7.13. The van der Waals surface area contributed by atoms with Crippen molar-refractivity contribution in [1.82, 2.24) is 0 Å². The molecule has 4 nitrogen and oxygen atoms in total. The summed E-state index contributed by atoms with van der Waals surface area (Å²) in [5.74, 6) is 0.351. The van der Waals surface area contributed by atoms with Crippen LogP contribution in [-0.4, -0.2) is 12.6 Å². The minimum atomic E-state index is -1.08. The fourth-order valence-corrected chi connectivity index (χ4v) is 1.57. The van der Waals surface area contributed by atoms with E-state index in [1.54, 1.807) is 0 Å². The number of hydrogen-bond acceptors (Lipinski definition) is 3. The summed E-state index contributed by atoms with van der Waals surface area (Å²) in [6.45, 7) is 5.00. The second-order valence-electron chi connectivity index (χ2n) is 4.87. The highest BCUT2D eigenvalue weighted by Gasteiger charge is 2.09. The molecule has 0 saturated carbocycles. The van der Waals surface area contributed by atoms with Crippen molar-refractivity contribution < 1.29 is 20.4 Å². The Kier molecular flexibility index (Phi) is 5.65. The zero-order chi connectivity index (χ0) is 13.5. The fourth-order valence-electron chi connectivity index (χ4n) is 1.57. The van der Waals surface area contributed by atoms with Gasteiger partial charge in [0, 0.05) is 18.0 Å². The van der Waals surface area contributed by atoms with Crippen molar-refractivity contribution in [2.75, 3.05) is 6.61 Å². The van der Waals surface area contributed by atoms with Crippen LogP contribution in [0, 0.1) is 5.92 Å². The first kappa shape index (κ1) is 14.5. The lowest BCUT2D eigenvalue weighted by Gasteiger charge is -2.11. The lowest BCUT2D eigenvalue weighted by atomic mass is 10.0. The van der Waals surface area contributed by atoms with Crippen LogP contribution in [0.2, 0.25) is 0 Å². The maximum Gasteiger partial charge on any atom is 0.119 e. The van der Waals surface area contributed by atoms with Crippen LogP contribution >= 0.6 is 0 Å². The van der Waals surface area contributed by atoms with Gasteiger partial charge in [-0.2, -0.15) is 0 Å². The molecular formula is C14H21NO3. The zero-order valence-corrected chi connectivity index (χ0v) is 11.0. The number of ether oxygens (including phenoxy) is 1. The summed E-state index contributed by atoms with van der Waals surface area (Å²) in [5, 5.41) is 10.5. The maximum atomic E-state index is 10.5. The van der Waals surface area contributed by atoms with Crippen molar-refractivity contribution in [3.05, 3.63) is 29.8 Å². The number of carbonyl (C=O) groups excluding carboxylic acids is 1. The number of aliphatic carboxylic acids is 1. The SMILES string of the molecule is CC(C)CCOc1ccc([C@H]([NH3+])CC(=O)[O-])cc1. The van der Waals surface area contributed by atoms with Crippen LogP contribution in [-0.2, 0) is 4.79 Å². The third kappa shape index (κ3) is 5.19. The molecular weight excluding hydrogens is 230 g/mol. The summed E-state index contributed by atoms with van der Waals surface area (Å²) in [5.41, 5.74) is 4.69. The van der Waals surface area contributed by atoms with Gasteiger partial charge in [0.05, 0.1) is 6.61 Å². The fraction of sp³-hybridized carbons (Fsp3) is 0.500. The van der Waals surface area contributed by atoms with Crippen LogP contribution in [0.3, 0.4) is 0 Å². The van der Waals surface area contributed by atoms with E-state index in [2.05, 4.69) is 19.6 Å². The molecule has 0 bridgehead atoms. The van der Waals surface area contributed by atoms with Crippen LogP contribution in [0.25, 0.3) is 0 Å². The van der Waals surface area contributed by atoms with E-state index in [4.69, 9.17) is 4.74 Å². The van der Waals surface area contributed by atoms with E-state index >= 15 is 0 Å². The second kappa shape index (κ2) is 7.01. The van der Waals surface area contributed by atoms with Crippen molar-refractivity contribution >= 4 is 5.97 Å². The number of carboxylic acids is 1. The molecule has 3 N–H and O–H groups in total. The van der Waals surface area contributed by atoms with Crippen LogP contribution in [0.4, 0.5) is 0 Å². The Labute approximate surface area is 108 Å². The van der Waals surface area contributed by atoms with Gasteiger partial charge in [-0.3, -0.25) is 0 Å². The van der Waals surface area contributed by atoms with E-state index < -0.39 is 5.97 Å². The average molecular weight is 251 g/mol. The van der Waals surface area contributed by atoms with Crippen LogP contribution < -0.4 is 15.6 Å². The Bertz CT molecular complexity index is 373. The first-order chi connectivity index (χ1) is 8.49. The van der Waals surface area contributed by atoms with Crippen LogP contribution in [0.1, 0.15) is 38.3 Å². The molecule has 1 rings (SSSR count). The summed E-state index contributed by atoms with van der Waals surface area (Å²) < 4.78 is 5.58. The monoisotopic (exact) mass is 251 g/mol. The highest BCUT2D eigenvalue weighted by molar-refractivity contribution is 5.65. The van der Waals surface area contributed by atoms with E-state index in [-0.39, 0.29) is 12.5 Å². The third-order valence-corrected chi connectivity index (χ3v) is 2.73. The van der Waals surface area contributed by atoms with Gasteiger partial charge >= 0.3 is 0 Å². The Hall–Kier alpha value is -1.55. The minimum absolute atomic E-state index is 0.0620. The quantitative estimate of drug-likeness (QED) is 0.768. The lowest BCUT2D eigenvalue weighted by molar-refractivity contribution is -0.430. The van der Waals surface area contributed by atoms with Crippen molar-refractivity contribution in [1.29, 1.82) is 0 Å². The van der Waals surface area contributed by atoms with Gasteiger partial charge in [-0.05, 0) is 36.6 Å². The van der Waals surface area contributed by atoms with Crippen molar-refractivity contribution in [2.24, 2.45) is 5.92 Å². The van der Waals surface area contributed by atoms with Gasteiger partial charge in [0.25, 0.3) is 0 Å². The van der Waals surface area contributed by atoms with Gasteiger partial charge in [-0.1, -0.05) is 13.8 Å². The van der Waals surface area contributed by atoms with Gasteiger partial charge in [0.15, 0.2) is 0 Å². The van der Waals surface area contributed by atoms with E-state index in [1.165, 1.54) is 0 Å². The standard InChI is InChI=1S/C14H21NO3/c1-10(2)7-8-18-12-5-3-11(4-6-12)13(15)9-14(16)17/h3-6,10,13H,7-9,15H2,1-2H3,(H,16,17)/t13-/m1/s1. The molecule has 0 spiro atoms. The molecule has 0 aliphatic rings. The first-order valence-corrected chi connectivity index (χ1v) is 6.24. The lowest BCUT2D eigenvalue weighted by Crippen LogP contribution is -2.55. The van der Waals surface area contributed by atoms with Crippen molar-refractivity contribution in [2.45, 2.75) is 32.7 Å². The Morgan fingerprint density at radius 3 is 2.44 bits per heavy atom. The van der Waals surface area contributed by atoms with Crippen LogP contribution in [0.15, 0.2) is 24.3 Å². The molecule has 0 fully saturated rings. The summed E-state index contributed by atoms with van der Waals surface area (Å²) >= 11 is 0. The smallest absolute Gasteiger partial charge is 0.119 e. The molecule has 0 aromatic heterocycles. The molecule has 0 radical (unpaired) electrons. The molecule has 1 aromatic rings.